The van der Waals surface area contributed by atoms with E-state index in [0.717, 1.165) is 64.1 Å². The highest BCUT2D eigenvalue weighted by molar-refractivity contribution is 6.21. The van der Waals surface area contributed by atoms with Gasteiger partial charge in [0.25, 0.3) is 11.8 Å². The zero-order valence-electron chi connectivity index (χ0n) is 19.3. The number of fused-ring (bicyclic) bond motifs is 1. The number of ether oxygens (including phenoxy) is 2. The Balaban J connectivity index is 1.31. The van der Waals surface area contributed by atoms with Crippen LogP contribution in [0.25, 0.3) is 0 Å². The zero-order chi connectivity index (χ0) is 22.7. The summed E-state index contributed by atoms with van der Waals surface area (Å²) in [6.07, 6.45) is 9.46. The Kier molecular flexibility index (Phi) is 7.11. The third-order valence-corrected chi connectivity index (χ3v) is 7.37. The highest BCUT2D eigenvalue weighted by Crippen LogP contribution is 2.43. The summed E-state index contributed by atoms with van der Waals surface area (Å²) < 4.78 is 13.1. The van der Waals surface area contributed by atoms with Crippen molar-refractivity contribution in [1.82, 2.24) is 4.90 Å². The summed E-state index contributed by atoms with van der Waals surface area (Å²) in [5.41, 5.74) is 1.01. The fourth-order valence-electron chi connectivity index (χ4n) is 5.33. The topological polar surface area (TPSA) is 72.9 Å². The molecule has 2 fully saturated rings. The summed E-state index contributed by atoms with van der Waals surface area (Å²) in [5.74, 6) is -0.411. The molecule has 0 radical (unpaired) electrons. The van der Waals surface area contributed by atoms with Gasteiger partial charge in [-0.25, -0.2) is 0 Å². The highest BCUT2D eigenvalue weighted by atomic mass is 16.7. The largest absolute Gasteiger partial charge is 0.347 e. The first-order valence-corrected chi connectivity index (χ1v) is 12.2. The number of hydrogen-bond acceptors (Lipinski definition) is 5. The first kappa shape index (κ1) is 23.1. The van der Waals surface area contributed by atoms with E-state index >= 15 is 0 Å². The minimum atomic E-state index is -0.514. The zero-order valence-corrected chi connectivity index (χ0v) is 19.3. The van der Waals surface area contributed by atoms with Crippen LogP contribution in [0.15, 0.2) is 24.3 Å². The maximum atomic E-state index is 12.6. The third kappa shape index (κ3) is 4.81. The molecule has 0 saturated carbocycles. The van der Waals surface area contributed by atoms with E-state index in [-0.39, 0.29) is 29.9 Å². The van der Waals surface area contributed by atoms with Gasteiger partial charge in [-0.1, -0.05) is 26.0 Å². The van der Waals surface area contributed by atoms with Gasteiger partial charge in [0.1, 0.15) is 6.29 Å². The molecule has 6 nitrogen and oxygen atoms in total. The van der Waals surface area contributed by atoms with Gasteiger partial charge in [-0.05, 0) is 63.0 Å². The molecule has 0 N–H and O–H groups in total. The van der Waals surface area contributed by atoms with Crippen molar-refractivity contribution in [2.75, 3.05) is 6.54 Å². The van der Waals surface area contributed by atoms with Crippen molar-refractivity contribution in [1.29, 1.82) is 0 Å². The fraction of sp³-hybridized carbons (Fsp3) is 0.654. The van der Waals surface area contributed by atoms with Crippen LogP contribution in [0.4, 0.5) is 0 Å². The third-order valence-electron chi connectivity index (χ3n) is 7.37. The van der Waals surface area contributed by atoms with Crippen molar-refractivity contribution in [2.24, 2.45) is 11.8 Å². The van der Waals surface area contributed by atoms with Gasteiger partial charge in [0.15, 0.2) is 5.79 Å². The second-order valence-corrected chi connectivity index (χ2v) is 9.86. The van der Waals surface area contributed by atoms with Gasteiger partial charge in [0.05, 0.1) is 23.3 Å². The number of amides is 2. The van der Waals surface area contributed by atoms with Crippen LogP contribution in [0.2, 0.25) is 0 Å². The molecule has 5 atom stereocenters. The van der Waals surface area contributed by atoms with E-state index < -0.39 is 5.79 Å². The van der Waals surface area contributed by atoms with Crippen LogP contribution < -0.4 is 0 Å². The molecule has 3 aliphatic heterocycles. The molecular formula is C26H35NO5. The van der Waals surface area contributed by atoms with E-state index in [1.54, 1.807) is 24.3 Å². The van der Waals surface area contributed by atoms with Gasteiger partial charge < -0.3 is 14.3 Å². The van der Waals surface area contributed by atoms with Gasteiger partial charge in [-0.15, -0.1) is 0 Å². The minimum Gasteiger partial charge on any atom is -0.347 e. The van der Waals surface area contributed by atoms with Crippen LogP contribution in [-0.2, 0) is 14.3 Å². The normalized spacial score (nSPS) is 31.1. The summed E-state index contributed by atoms with van der Waals surface area (Å²) in [6.45, 7) is 4.58. The number of rotatable bonds is 8. The number of aldehydes is 1. The molecular weight excluding hydrogens is 406 g/mol. The lowest BCUT2D eigenvalue weighted by Crippen LogP contribution is -2.50. The summed E-state index contributed by atoms with van der Waals surface area (Å²) >= 11 is 0. The second-order valence-electron chi connectivity index (χ2n) is 9.86. The quantitative estimate of drug-likeness (QED) is 0.430. The Bertz CT molecular complexity index is 819. The van der Waals surface area contributed by atoms with Crippen molar-refractivity contribution in [3.8, 4) is 0 Å². The Morgan fingerprint density at radius 3 is 2.50 bits per heavy atom. The molecule has 1 spiro atoms. The van der Waals surface area contributed by atoms with Crippen LogP contribution in [0.1, 0.15) is 92.4 Å². The molecule has 6 heteroatoms. The van der Waals surface area contributed by atoms with E-state index in [1.165, 1.54) is 4.90 Å². The SMILES string of the molecule is C[C@H](C=O)CC[C@@H]1CCCC2(CC[C@H](C)[C@@H](CCCN3C(=O)c4ccccc4C3=O)O2)O1. The van der Waals surface area contributed by atoms with E-state index in [0.29, 0.717) is 23.6 Å². The van der Waals surface area contributed by atoms with Crippen molar-refractivity contribution in [3.05, 3.63) is 35.4 Å². The molecule has 2 amide bonds. The number of carbonyl (C=O) groups is 3. The number of carbonyl (C=O) groups excluding carboxylic acids is 3. The van der Waals surface area contributed by atoms with Crippen LogP contribution in [0, 0.1) is 11.8 Å². The van der Waals surface area contributed by atoms with Gasteiger partial charge in [-0.3, -0.25) is 14.5 Å². The average molecular weight is 442 g/mol. The van der Waals surface area contributed by atoms with E-state index in [2.05, 4.69) is 6.92 Å². The maximum absolute atomic E-state index is 12.6. The molecule has 3 aliphatic rings. The number of hydrogen-bond donors (Lipinski definition) is 0. The lowest BCUT2D eigenvalue weighted by Gasteiger charge is -2.48. The number of nitrogens with zero attached hydrogens (tertiary/aromatic N) is 1. The molecule has 0 aromatic heterocycles. The summed E-state index contributed by atoms with van der Waals surface area (Å²) in [4.78, 5) is 37.5. The molecule has 1 aromatic rings. The Hall–Kier alpha value is -2.05. The van der Waals surface area contributed by atoms with Crippen LogP contribution in [-0.4, -0.2) is 47.5 Å². The predicted molar refractivity (Wildman–Crippen MR) is 120 cm³/mol. The monoisotopic (exact) mass is 441 g/mol. The van der Waals surface area contributed by atoms with Crippen LogP contribution in [0.3, 0.4) is 0 Å². The lowest BCUT2D eigenvalue weighted by atomic mass is 9.85. The van der Waals surface area contributed by atoms with Gasteiger partial charge in [0.2, 0.25) is 0 Å². The predicted octanol–water partition coefficient (Wildman–Crippen LogP) is 4.76. The standard InChI is InChI=1S/C26H35NO5/c1-18(17-28)11-12-20-7-5-14-26(31-20)15-13-19(2)23(32-26)10-6-16-27-24(29)21-8-3-4-9-22(21)25(27)30/h3-4,8-9,17-20,23H,5-7,10-16H2,1-2H3/t18-,19-,20-,23+,26?/m0/s1. The second kappa shape index (κ2) is 9.84. The lowest BCUT2D eigenvalue weighted by molar-refractivity contribution is -0.324. The maximum Gasteiger partial charge on any atom is 0.261 e. The smallest absolute Gasteiger partial charge is 0.261 e. The molecule has 4 rings (SSSR count). The van der Waals surface area contributed by atoms with Gasteiger partial charge >= 0.3 is 0 Å². The molecule has 3 heterocycles. The average Bonchev–Trinajstić information content (AvgIpc) is 3.05. The molecule has 2 saturated heterocycles. The molecule has 0 bridgehead atoms. The van der Waals surface area contributed by atoms with E-state index in [1.807, 2.05) is 6.92 Å². The van der Waals surface area contributed by atoms with Crippen LogP contribution >= 0.6 is 0 Å². The van der Waals surface area contributed by atoms with Crippen molar-refractivity contribution in [3.63, 3.8) is 0 Å². The Morgan fingerprint density at radius 1 is 1.09 bits per heavy atom. The van der Waals surface area contributed by atoms with E-state index in [4.69, 9.17) is 9.47 Å². The minimum absolute atomic E-state index is 0.0616. The van der Waals surface area contributed by atoms with Crippen molar-refractivity contribution in [2.45, 2.75) is 89.6 Å². The molecule has 1 aromatic carbocycles. The summed E-state index contributed by atoms with van der Waals surface area (Å²) in [7, 11) is 0. The highest BCUT2D eigenvalue weighted by Gasteiger charge is 2.44. The first-order chi connectivity index (χ1) is 15.4. The summed E-state index contributed by atoms with van der Waals surface area (Å²) in [6, 6.07) is 7.03. The molecule has 1 unspecified atom stereocenters. The van der Waals surface area contributed by atoms with Gasteiger partial charge in [0, 0.05) is 25.3 Å². The number of imide groups is 1. The summed E-state index contributed by atoms with van der Waals surface area (Å²) in [5, 5.41) is 0. The van der Waals surface area contributed by atoms with Crippen molar-refractivity contribution >= 4 is 18.1 Å². The van der Waals surface area contributed by atoms with Crippen molar-refractivity contribution < 1.29 is 23.9 Å². The molecule has 174 valence electrons. The number of benzene rings is 1. The van der Waals surface area contributed by atoms with E-state index in [9.17, 15) is 14.4 Å². The van der Waals surface area contributed by atoms with Crippen LogP contribution in [0.5, 0.6) is 0 Å². The molecule has 32 heavy (non-hydrogen) atoms. The Labute approximate surface area is 190 Å². The first-order valence-electron chi connectivity index (χ1n) is 12.2. The molecule has 0 aliphatic carbocycles. The fourth-order valence-corrected chi connectivity index (χ4v) is 5.33. The van der Waals surface area contributed by atoms with Gasteiger partial charge in [-0.2, -0.15) is 0 Å². The Morgan fingerprint density at radius 2 is 1.81 bits per heavy atom.